The Kier molecular flexibility index (Phi) is 3.70. The van der Waals surface area contributed by atoms with Crippen molar-refractivity contribution in [2.24, 2.45) is 0 Å². The Morgan fingerprint density at radius 2 is 1.80 bits per heavy atom. The highest BCUT2D eigenvalue weighted by molar-refractivity contribution is 6.10. The third-order valence-electron chi connectivity index (χ3n) is 2.94. The first-order valence-corrected chi connectivity index (χ1v) is 5.99. The van der Waals surface area contributed by atoms with Gasteiger partial charge in [-0.15, -0.1) is 0 Å². The molecule has 0 heterocycles. The number of nitrogens with one attached hydrogen (secondary N) is 1. The summed E-state index contributed by atoms with van der Waals surface area (Å²) in [6.07, 6.45) is 0. The minimum absolute atomic E-state index is 0.0790. The molecular weight excluding hydrogens is 256 g/mol. The summed E-state index contributed by atoms with van der Waals surface area (Å²) in [6, 6.07) is 11.5. The predicted octanol–water partition coefficient (Wildman–Crippen LogP) is 2.53. The Hall–Kier alpha value is -2.82. The van der Waals surface area contributed by atoms with Crippen molar-refractivity contribution in [3.05, 3.63) is 59.2 Å². The second-order valence-corrected chi connectivity index (χ2v) is 4.34. The predicted molar refractivity (Wildman–Crippen MR) is 76.9 cm³/mol. The third kappa shape index (κ3) is 2.61. The molecule has 0 aromatic heterocycles. The van der Waals surface area contributed by atoms with Gasteiger partial charge in [-0.1, -0.05) is 24.3 Å². The molecule has 0 aliphatic heterocycles. The van der Waals surface area contributed by atoms with E-state index in [1.807, 2.05) is 0 Å². The number of anilines is 2. The van der Waals surface area contributed by atoms with Crippen molar-refractivity contribution in [3.8, 4) is 0 Å². The topological polar surface area (TPSA) is 92.4 Å². The molecule has 2 aromatic carbocycles. The lowest BCUT2D eigenvalue weighted by molar-refractivity contribution is 0.0697. The maximum absolute atomic E-state index is 12.1. The number of nitrogen functional groups attached to an aromatic ring is 1. The Labute approximate surface area is 116 Å². The van der Waals surface area contributed by atoms with E-state index in [-0.39, 0.29) is 11.3 Å². The molecule has 0 radical (unpaired) electrons. The number of para-hydroxylation sites is 1. The fraction of sp³-hybridized carbons (Fsp3) is 0.0667. The van der Waals surface area contributed by atoms with E-state index < -0.39 is 11.9 Å². The van der Waals surface area contributed by atoms with Crippen molar-refractivity contribution >= 4 is 23.3 Å². The molecule has 2 aromatic rings. The van der Waals surface area contributed by atoms with Crippen LogP contribution in [0.3, 0.4) is 0 Å². The summed E-state index contributed by atoms with van der Waals surface area (Å²) in [5.74, 6) is -1.52. The number of benzene rings is 2. The summed E-state index contributed by atoms with van der Waals surface area (Å²) in [5.41, 5.74) is 7.29. The number of carboxylic acid groups (broad SMARTS) is 1. The largest absolute Gasteiger partial charge is 0.478 e. The van der Waals surface area contributed by atoms with Crippen LogP contribution in [-0.2, 0) is 0 Å². The first-order valence-electron chi connectivity index (χ1n) is 5.99. The summed E-state index contributed by atoms with van der Waals surface area (Å²) in [5, 5.41) is 11.8. The lowest BCUT2D eigenvalue weighted by Gasteiger charge is -2.11. The van der Waals surface area contributed by atoms with Gasteiger partial charge < -0.3 is 16.2 Å². The molecule has 5 nitrogen and oxygen atoms in total. The zero-order valence-corrected chi connectivity index (χ0v) is 10.9. The minimum atomic E-state index is -1.08. The van der Waals surface area contributed by atoms with Crippen LogP contribution in [0, 0.1) is 6.92 Å². The summed E-state index contributed by atoms with van der Waals surface area (Å²) in [7, 11) is 0. The van der Waals surface area contributed by atoms with Gasteiger partial charge in [-0.2, -0.15) is 0 Å². The highest BCUT2D eigenvalue weighted by Gasteiger charge is 2.16. The fourth-order valence-corrected chi connectivity index (χ4v) is 1.95. The van der Waals surface area contributed by atoms with Crippen molar-refractivity contribution in [2.75, 3.05) is 11.1 Å². The molecule has 2 rings (SSSR count). The number of aromatic carboxylic acids is 1. The van der Waals surface area contributed by atoms with Gasteiger partial charge in [-0.25, -0.2) is 4.79 Å². The van der Waals surface area contributed by atoms with E-state index in [0.717, 1.165) is 0 Å². The van der Waals surface area contributed by atoms with Crippen LogP contribution in [0.4, 0.5) is 11.4 Å². The molecule has 0 bridgehead atoms. The van der Waals surface area contributed by atoms with E-state index in [0.29, 0.717) is 16.8 Å². The van der Waals surface area contributed by atoms with E-state index >= 15 is 0 Å². The van der Waals surface area contributed by atoms with Crippen molar-refractivity contribution in [1.29, 1.82) is 0 Å². The first-order chi connectivity index (χ1) is 9.50. The minimum Gasteiger partial charge on any atom is -0.478 e. The molecule has 20 heavy (non-hydrogen) atoms. The average molecular weight is 270 g/mol. The van der Waals surface area contributed by atoms with Crippen LogP contribution in [-0.4, -0.2) is 17.0 Å². The standard InChI is InChI=1S/C15H14N2O3/c1-9-5-4-8-12(13(9)15(19)20)17-14(18)10-6-2-3-7-11(10)16/h2-8H,16H2,1H3,(H,17,18)(H,19,20). The lowest BCUT2D eigenvalue weighted by atomic mass is 10.1. The third-order valence-corrected chi connectivity index (χ3v) is 2.94. The normalized spacial score (nSPS) is 10.1. The number of carbonyl (C=O) groups is 2. The number of rotatable bonds is 3. The highest BCUT2D eigenvalue weighted by Crippen LogP contribution is 2.21. The number of amides is 1. The van der Waals surface area contributed by atoms with E-state index in [9.17, 15) is 14.7 Å². The fourth-order valence-electron chi connectivity index (χ4n) is 1.95. The van der Waals surface area contributed by atoms with Gasteiger partial charge in [-0.3, -0.25) is 4.79 Å². The lowest BCUT2D eigenvalue weighted by Crippen LogP contribution is -2.16. The van der Waals surface area contributed by atoms with Crippen molar-refractivity contribution in [3.63, 3.8) is 0 Å². The van der Waals surface area contributed by atoms with E-state index in [1.54, 1.807) is 49.4 Å². The highest BCUT2D eigenvalue weighted by atomic mass is 16.4. The SMILES string of the molecule is Cc1cccc(NC(=O)c2ccccc2N)c1C(=O)O. The Morgan fingerprint density at radius 1 is 1.10 bits per heavy atom. The molecule has 0 aliphatic rings. The molecule has 5 heteroatoms. The molecule has 0 aliphatic carbocycles. The van der Waals surface area contributed by atoms with Gasteiger partial charge in [-0.05, 0) is 30.7 Å². The second kappa shape index (κ2) is 5.44. The van der Waals surface area contributed by atoms with Crippen LogP contribution < -0.4 is 11.1 Å². The second-order valence-electron chi connectivity index (χ2n) is 4.34. The van der Waals surface area contributed by atoms with E-state index in [4.69, 9.17) is 5.73 Å². The Bertz CT molecular complexity index is 681. The summed E-state index contributed by atoms with van der Waals surface area (Å²) >= 11 is 0. The number of aryl methyl sites for hydroxylation is 1. The van der Waals surface area contributed by atoms with Gasteiger partial charge in [0, 0.05) is 5.69 Å². The molecule has 0 spiro atoms. The van der Waals surface area contributed by atoms with E-state index in [2.05, 4.69) is 5.32 Å². The molecule has 102 valence electrons. The van der Waals surface area contributed by atoms with Crippen molar-refractivity contribution < 1.29 is 14.7 Å². The van der Waals surface area contributed by atoms with Crippen molar-refractivity contribution in [1.82, 2.24) is 0 Å². The van der Waals surface area contributed by atoms with Crippen LogP contribution in [0.15, 0.2) is 42.5 Å². The van der Waals surface area contributed by atoms with Crippen LogP contribution in [0.25, 0.3) is 0 Å². The van der Waals surface area contributed by atoms with Crippen molar-refractivity contribution in [2.45, 2.75) is 6.92 Å². The molecule has 0 unspecified atom stereocenters. The number of hydrogen-bond donors (Lipinski definition) is 3. The zero-order valence-electron chi connectivity index (χ0n) is 10.9. The van der Waals surface area contributed by atoms with Gasteiger partial charge in [0.15, 0.2) is 0 Å². The molecule has 0 saturated heterocycles. The number of carbonyl (C=O) groups excluding carboxylic acids is 1. The van der Waals surface area contributed by atoms with Gasteiger partial charge in [0.2, 0.25) is 0 Å². The molecule has 0 saturated carbocycles. The van der Waals surface area contributed by atoms with Gasteiger partial charge >= 0.3 is 5.97 Å². The molecular formula is C15H14N2O3. The maximum atomic E-state index is 12.1. The summed E-state index contributed by atoms with van der Waals surface area (Å²) in [6.45, 7) is 1.68. The molecule has 1 amide bonds. The molecule has 0 atom stereocenters. The smallest absolute Gasteiger partial charge is 0.338 e. The molecule has 4 N–H and O–H groups in total. The van der Waals surface area contributed by atoms with Crippen LogP contribution in [0.2, 0.25) is 0 Å². The van der Waals surface area contributed by atoms with Gasteiger partial charge in [0.05, 0.1) is 16.8 Å². The molecule has 0 fully saturated rings. The number of hydrogen-bond acceptors (Lipinski definition) is 3. The van der Waals surface area contributed by atoms with Crippen LogP contribution >= 0.6 is 0 Å². The Morgan fingerprint density at radius 3 is 2.45 bits per heavy atom. The van der Waals surface area contributed by atoms with Crippen LogP contribution in [0.1, 0.15) is 26.3 Å². The maximum Gasteiger partial charge on any atom is 0.338 e. The monoisotopic (exact) mass is 270 g/mol. The number of carboxylic acids is 1. The zero-order chi connectivity index (χ0) is 14.7. The first kappa shape index (κ1) is 13.6. The average Bonchev–Trinajstić information content (AvgIpc) is 2.38. The van der Waals surface area contributed by atoms with Gasteiger partial charge in [0.25, 0.3) is 5.91 Å². The summed E-state index contributed by atoms with van der Waals surface area (Å²) in [4.78, 5) is 23.4. The number of nitrogens with two attached hydrogens (primary N) is 1. The quantitative estimate of drug-likeness (QED) is 0.747. The summed E-state index contributed by atoms with van der Waals surface area (Å²) < 4.78 is 0. The van der Waals surface area contributed by atoms with Crippen LogP contribution in [0.5, 0.6) is 0 Å². The van der Waals surface area contributed by atoms with Gasteiger partial charge in [0.1, 0.15) is 0 Å². The van der Waals surface area contributed by atoms with E-state index in [1.165, 1.54) is 0 Å². The Balaban J connectivity index is 2.36.